The number of hydrogen-bond acceptors (Lipinski definition) is 2. The summed E-state index contributed by atoms with van der Waals surface area (Å²) >= 11 is 0. The predicted molar refractivity (Wildman–Crippen MR) is 38.5 cm³/mol. The van der Waals surface area contributed by atoms with E-state index < -0.39 is 23.4 Å². The molecule has 0 spiro atoms. The Morgan fingerprint density at radius 3 is 3.00 bits per heavy atom. The smallest absolute Gasteiger partial charge is 0.292 e. The normalized spacial score (nSPS) is 27.6. The Hall–Kier alpha value is -1.45. The Bertz CT molecular complexity index is 330. The molecule has 1 unspecified atom stereocenters. The van der Waals surface area contributed by atoms with Gasteiger partial charge < -0.3 is 5.32 Å². The molecule has 1 atom stereocenters. The summed E-state index contributed by atoms with van der Waals surface area (Å²) in [5.74, 6) is -1.95. The SMILES string of the molecule is O=C1NC2=CC(F)=CCC2C1=O. The summed E-state index contributed by atoms with van der Waals surface area (Å²) in [6.07, 6.45) is 2.79. The van der Waals surface area contributed by atoms with Crippen LogP contribution >= 0.6 is 0 Å². The Balaban J connectivity index is 2.36. The summed E-state index contributed by atoms with van der Waals surface area (Å²) in [5.41, 5.74) is 0.394. The van der Waals surface area contributed by atoms with Crippen molar-refractivity contribution in [1.82, 2.24) is 5.32 Å². The van der Waals surface area contributed by atoms with E-state index in [1.165, 1.54) is 12.2 Å². The van der Waals surface area contributed by atoms with E-state index >= 15 is 0 Å². The first-order chi connectivity index (χ1) is 5.68. The summed E-state index contributed by atoms with van der Waals surface area (Å²) in [6.45, 7) is 0. The Morgan fingerprint density at radius 2 is 2.25 bits per heavy atom. The van der Waals surface area contributed by atoms with Crippen molar-refractivity contribution < 1.29 is 14.0 Å². The van der Waals surface area contributed by atoms with Crippen LogP contribution < -0.4 is 5.32 Å². The number of hydrogen-bond donors (Lipinski definition) is 1. The maximum absolute atomic E-state index is 12.6. The highest BCUT2D eigenvalue weighted by atomic mass is 19.1. The molecule has 4 heteroatoms. The first-order valence-corrected chi connectivity index (χ1v) is 3.61. The lowest BCUT2D eigenvalue weighted by Crippen LogP contribution is -2.18. The number of fused-ring (bicyclic) bond motifs is 1. The van der Waals surface area contributed by atoms with Crippen LogP contribution in [-0.2, 0) is 9.59 Å². The van der Waals surface area contributed by atoms with E-state index in [0.717, 1.165) is 0 Å². The highest BCUT2D eigenvalue weighted by molar-refractivity contribution is 6.40. The minimum atomic E-state index is -0.630. The van der Waals surface area contributed by atoms with Crippen LogP contribution in [0.25, 0.3) is 0 Å². The largest absolute Gasteiger partial charge is 0.322 e. The van der Waals surface area contributed by atoms with Gasteiger partial charge in [-0.15, -0.1) is 0 Å². The van der Waals surface area contributed by atoms with Gasteiger partial charge in [-0.1, -0.05) is 0 Å². The molecule has 0 saturated carbocycles. The van der Waals surface area contributed by atoms with Crippen molar-refractivity contribution in [3.05, 3.63) is 23.7 Å². The van der Waals surface area contributed by atoms with Gasteiger partial charge in [0.25, 0.3) is 5.91 Å². The summed E-state index contributed by atoms with van der Waals surface area (Å²) in [6, 6.07) is 0. The molecule has 2 rings (SSSR count). The maximum atomic E-state index is 12.6. The van der Waals surface area contributed by atoms with Crippen LogP contribution in [0.5, 0.6) is 0 Å². The Morgan fingerprint density at radius 1 is 1.50 bits per heavy atom. The molecular formula is C8H6FNO2. The lowest BCUT2D eigenvalue weighted by Gasteiger charge is -2.09. The molecule has 0 aromatic heterocycles. The molecular weight excluding hydrogens is 161 g/mol. The predicted octanol–water partition coefficient (Wildman–Crippen LogP) is 0.442. The summed E-state index contributed by atoms with van der Waals surface area (Å²) in [5, 5.41) is 2.33. The van der Waals surface area contributed by atoms with Crippen LogP contribution in [0.4, 0.5) is 4.39 Å². The molecule has 1 fully saturated rings. The standard InChI is InChI=1S/C8H6FNO2/c9-4-1-2-5-6(3-4)10-8(12)7(5)11/h1,3,5H,2H2,(H,10,12). The molecule has 1 saturated heterocycles. The van der Waals surface area contributed by atoms with Gasteiger partial charge in [-0.2, -0.15) is 0 Å². The average molecular weight is 167 g/mol. The van der Waals surface area contributed by atoms with Crippen molar-refractivity contribution in [3.63, 3.8) is 0 Å². The molecule has 1 aliphatic carbocycles. The fraction of sp³-hybridized carbons (Fsp3) is 0.250. The van der Waals surface area contributed by atoms with Crippen LogP contribution in [0.2, 0.25) is 0 Å². The molecule has 1 N–H and O–H groups in total. The molecule has 1 heterocycles. The van der Waals surface area contributed by atoms with Gasteiger partial charge in [-0.3, -0.25) is 9.59 Å². The number of Topliss-reactive ketones (excluding diaryl/α,β-unsaturated/α-hetero) is 1. The third-order valence-electron chi connectivity index (χ3n) is 2.02. The maximum Gasteiger partial charge on any atom is 0.292 e. The van der Waals surface area contributed by atoms with Gasteiger partial charge in [0.1, 0.15) is 5.83 Å². The van der Waals surface area contributed by atoms with Crippen LogP contribution in [0, 0.1) is 5.92 Å². The van der Waals surface area contributed by atoms with E-state index in [2.05, 4.69) is 5.32 Å². The van der Waals surface area contributed by atoms with Gasteiger partial charge in [0.15, 0.2) is 0 Å². The monoisotopic (exact) mass is 167 g/mol. The second-order valence-electron chi connectivity index (χ2n) is 2.80. The second-order valence-corrected chi connectivity index (χ2v) is 2.80. The van der Waals surface area contributed by atoms with Crippen molar-refractivity contribution in [2.24, 2.45) is 5.92 Å². The van der Waals surface area contributed by atoms with Gasteiger partial charge >= 0.3 is 0 Å². The average Bonchev–Trinajstić information content (AvgIpc) is 2.28. The first-order valence-electron chi connectivity index (χ1n) is 3.61. The van der Waals surface area contributed by atoms with Crippen molar-refractivity contribution >= 4 is 11.7 Å². The molecule has 0 radical (unpaired) electrons. The molecule has 0 aromatic rings. The molecule has 12 heavy (non-hydrogen) atoms. The quantitative estimate of drug-likeness (QED) is 0.532. The van der Waals surface area contributed by atoms with Gasteiger partial charge in [-0.05, 0) is 18.6 Å². The zero-order valence-corrected chi connectivity index (χ0v) is 6.13. The number of halogens is 1. The van der Waals surface area contributed by atoms with Crippen molar-refractivity contribution in [1.29, 1.82) is 0 Å². The minimum Gasteiger partial charge on any atom is -0.322 e. The lowest BCUT2D eigenvalue weighted by molar-refractivity contribution is -0.136. The molecule has 3 nitrogen and oxygen atoms in total. The summed E-state index contributed by atoms with van der Waals surface area (Å²) in [7, 11) is 0. The van der Waals surface area contributed by atoms with Gasteiger partial charge in [0, 0.05) is 5.70 Å². The van der Waals surface area contributed by atoms with Crippen molar-refractivity contribution in [2.75, 3.05) is 0 Å². The van der Waals surface area contributed by atoms with E-state index in [-0.39, 0.29) is 6.42 Å². The van der Waals surface area contributed by atoms with Crippen molar-refractivity contribution in [3.8, 4) is 0 Å². The molecule has 0 bridgehead atoms. The topological polar surface area (TPSA) is 46.2 Å². The number of rotatable bonds is 0. The third kappa shape index (κ3) is 0.879. The number of amides is 1. The van der Waals surface area contributed by atoms with Crippen molar-refractivity contribution in [2.45, 2.75) is 6.42 Å². The van der Waals surface area contributed by atoms with Gasteiger partial charge in [-0.25, -0.2) is 4.39 Å². The molecule has 2 aliphatic rings. The number of carbonyl (C=O) groups is 2. The van der Waals surface area contributed by atoms with E-state index in [1.807, 2.05) is 0 Å². The number of ketones is 1. The molecule has 1 aliphatic heterocycles. The van der Waals surface area contributed by atoms with Crippen LogP contribution in [0.1, 0.15) is 6.42 Å². The first kappa shape index (κ1) is 7.21. The van der Waals surface area contributed by atoms with E-state index in [0.29, 0.717) is 5.70 Å². The van der Waals surface area contributed by atoms with E-state index in [9.17, 15) is 14.0 Å². The van der Waals surface area contributed by atoms with E-state index in [1.54, 1.807) is 0 Å². The highest BCUT2D eigenvalue weighted by Crippen LogP contribution is 2.27. The van der Waals surface area contributed by atoms with Gasteiger partial charge in [0.2, 0.25) is 5.78 Å². The number of carbonyl (C=O) groups excluding carboxylic acids is 2. The Kier molecular flexibility index (Phi) is 1.36. The van der Waals surface area contributed by atoms with Crippen LogP contribution in [-0.4, -0.2) is 11.7 Å². The van der Waals surface area contributed by atoms with Gasteiger partial charge in [0.05, 0.1) is 5.92 Å². The lowest BCUT2D eigenvalue weighted by atomic mass is 9.96. The fourth-order valence-corrected chi connectivity index (χ4v) is 1.39. The fourth-order valence-electron chi connectivity index (χ4n) is 1.39. The van der Waals surface area contributed by atoms with E-state index in [4.69, 9.17) is 0 Å². The minimum absolute atomic E-state index is 0.287. The molecule has 0 aromatic carbocycles. The van der Waals surface area contributed by atoms with Crippen LogP contribution in [0.15, 0.2) is 23.7 Å². The van der Waals surface area contributed by atoms with Crippen LogP contribution in [0.3, 0.4) is 0 Å². The second kappa shape index (κ2) is 2.27. The highest BCUT2D eigenvalue weighted by Gasteiger charge is 2.37. The third-order valence-corrected chi connectivity index (χ3v) is 2.02. The number of nitrogens with one attached hydrogen (secondary N) is 1. The molecule has 1 amide bonds. The summed E-state index contributed by atoms with van der Waals surface area (Å²) < 4.78 is 12.6. The number of allylic oxidation sites excluding steroid dienone is 4. The Labute approximate surface area is 67.9 Å². The zero-order valence-electron chi connectivity index (χ0n) is 6.13. The molecule has 62 valence electrons. The summed E-state index contributed by atoms with van der Waals surface area (Å²) in [4.78, 5) is 21.8. The zero-order chi connectivity index (χ0) is 8.72.